The second-order valence-electron chi connectivity index (χ2n) is 5.21. The summed E-state index contributed by atoms with van der Waals surface area (Å²) in [7, 11) is 0. The lowest BCUT2D eigenvalue weighted by atomic mass is 10.1. The predicted octanol–water partition coefficient (Wildman–Crippen LogP) is 3.70. The lowest BCUT2D eigenvalue weighted by Crippen LogP contribution is -2.04. The highest BCUT2D eigenvalue weighted by atomic mass is 15.0. The molecule has 3 heteroatoms. The third-order valence-corrected chi connectivity index (χ3v) is 3.61. The standard InChI is InChI=1S/C16H19N3/c1-3-17-15-10-14(12-7-5-4-6-8-12)18-16(19-15)13-9-11(13)2/h4-8,10-11,13H,3,9H2,1-2H3,(H,17,18,19). The first kappa shape index (κ1) is 12.2. The Hall–Kier alpha value is -1.90. The van der Waals surface area contributed by atoms with Crippen molar-refractivity contribution in [2.45, 2.75) is 26.2 Å². The van der Waals surface area contributed by atoms with Gasteiger partial charge in [0, 0.05) is 24.1 Å². The zero-order valence-corrected chi connectivity index (χ0v) is 11.4. The van der Waals surface area contributed by atoms with Gasteiger partial charge in [0.25, 0.3) is 0 Å². The molecule has 1 heterocycles. The number of benzene rings is 1. The van der Waals surface area contributed by atoms with Gasteiger partial charge in [-0.2, -0.15) is 0 Å². The summed E-state index contributed by atoms with van der Waals surface area (Å²) in [6, 6.07) is 12.3. The summed E-state index contributed by atoms with van der Waals surface area (Å²) < 4.78 is 0. The Kier molecular flexibility index (Phi) is 3.20. The van der Waals surface area contributed by atoms with Gasteiger partial charge in [-0.25, -0.2) is 9.97 Å². The fourth-order valence-corrected chi connectivity index (χ4v) is 2.34. The maximum absolute atomic E-state index is 4.75. The number of anilines is 1. The summed E-state index contributed by atoms with van der Waals surface area (Å²) in [5.74, 6) is 3.19. The third kappa shape index (κ3) is 2.60. The van der Waals surface area contributed by atoms with Crippen LogP contribution in [-0.4, -0.2) is 16.5 Å². The van der Waals surface area contributed by atoms with Crippen LogP contribution >= 0.6 is 0 Å². The first-order chi connectivity index (χ1) is 9.28. The Morgan fingerprint density at radius 1 is 1.21 bits per heavy atom. The summed E-state index contributed by atoms with van der Waals surface area (Å²) >= 11 is 0. The van der Waals surface area contributed by atoms with Crippen molar-refractivity contribution >= 4 is 5.82 Å². The minimum atomic E-state index is 0.543. The molecule has 3 rings (SSSR count). The molecule has 0 radical (unpaired) electrons. The molecule has 1 aromatic carbocycles. The van der Waals surface area contributed by atoms with Gasteiger partial charge in [0.05, 0.1) is 5.69 Å². The summed E-state index contributed by atoms with van der Waals surface area (Å²) in [5.41, 5.74) is 2.17. The molecule has 0 aliphatic heterocycles. The highest BCUT2D eigenvalue weighted by Crippen LogP contribution is 2.45. The van der Waals surface area contributed by atoms with Gasteiger partial charge in [-0.1, -0.05) is 37.3 Å². The van der Waals surface area contributed by atoms with E-state index >= 15 is 0 Å². The smallest absolute Gasteiger partial charge is 0.134 e. The second kappa shape index (κ2) is 5.00. The number of nitrogens with one attached hydrogen (secondary N) is 1. The summed E-state index contributed by atoms with van der Waals surface area (Å²) in [4.78, 5) is 9.39. The first-order valence-corrected chi connectivity index (χ1v) is 6.96. The molecule has 1 N–H and O–H groups in total. The summed E-state index contributed by atoms with van der Waals surface area (Å²) in [6.07, 6.45) is 1.21. The van der Waals surface area contributed by atoms with E-state index in [0.717, 1.165) is 35.4 Å². The van der Waals surface area contributed by atoms with Crippen LogP contribution in [0, 0.1) is 5.92 Å². The van der Waals surface area contributed by atoms with Gasteiger partial charge >= 0.3 is 0 Å². The lowest BCUT2D eigenvalue weighted by Gasteiger charge is -2.09. The van der Waals surface area contributed by atoms with E-state index in [-0.39, 0.29) is 0 Å². The van der Waals surface area contributed by atoms with Crippen LogP contribution in [0.3, 0.4) is 0 Å². The van der Waals surface area contributed by atoms with E-state index in [1.54, 1.807) is 0 Å². The molecule has 1 fully saturated rings. The third-order valence-electron chi connectivity index (χ3n) is 3.61. The molecule has 1 aliphatic rings. The second-order valence-corrected chi connectivity index (χ2v) is 5.21. The van der Waals surface area contributed by atoms with Crippen molar-refractivity contribution in [3.05, 3.63) is 42.2 Å². The average molecular weight is 253 g/mol. The molecule has 0 spiro atoms. The van der Waals surface area contributed by atoms with Gasteiger partial charge in [-0.05, 0) is 19.3 Å². The molecule has 0 saturated heterocycles. The molecule has 0 amide bonds. The highest BCUT2D eigenvalue weighted by Gasteiger charge is 2.37. The van der Waals surface area contributed by atoms with Crippen molar-refractivity contribution in [3.63, 3.8) is 0 Å². The van der Waals surface area contributed by atoms with E-state index in [1.807, 2.05) is 24.3 Å². The van der Waals surface area contributed by atoms with Crippen molar-refractivity contribution in [3.8, 4) is 11.3 Å². The number of rotatable bonds is 4. The van der Waals surface area contributed by atoms with Gasteiger partial charge in [-0.15, -0.1) is 0 Å². The molecule has 19 heavy (non-hydrogen) atoms. The number of hydrogen-bond acceptors (Lipinski definition) is 3. The summed E-state index contributed by atoms with van der Waals surface area (Å²) in [6.45, 7) is 5.23. The van der Waals surface area contributed by atoms with E-state index in [9.17, 15) is 0 Å². The van der Waals surface area contributed by atoms with Crippen molar-refractivity contribution in [1.29, 1.82) is 0 Å². The molecule has 1 aromatic heterocycles. The van der Waals surface area contributed by atoms with Gasteiger partial charge in [-0.3, -0.25) is 0 Å². The molecule has 1 aliphatic carbocycles. The lowest BCUT2D eigenvalue weighted by molar-refractivity contribution is 0.844. The van der Waals surface area contributed by atoms with E-state index in [1.165, 1.54) is 6.42 Å². The Bertz CT molecular complexity index is 565. The first-order valence-electron chi connectivity index (χ1n) is 6.96. The van der Waals surface area contributed by atoms with E-state index < -0.39 is 0 Å². The highest BCUT2D eigenvalue weighted by molar-refractivity contribution is 5.62. The average Bonchev–Trinajstić information content (AvgIpc) is 3.17. The van der Waals surface area contributed by atoms with Crippen molar-refractivity contribution in [2.75, 3.05) is 11.9 Å². The molecular weight excluding hydrogens is 234 g/mol. The van der Waals surface area contributed by atoms with Crippen LogP contribution in [0.15, 0.2) is 36.4 Å². The van der Waals surface area contributed by atoms with Gasteiger partial charge < -0.3 is 5.32 Å². The summed E-state index contributed by atoms with van der Waals surface area (Å²) in [5, 5.41) is 3.30. The van der Waals surface area contributed by atoms with Gasteiger partial charge in [0.2, 0.25) is 0 Å². The fraction of sp³-hybridized carbons (Fsp3) is 0.375. The maximum Gasteiger partial charge on any atom is 0.134 e. The fourth-order valence-electron chi connectivity index (χ4n) is 2.34. The molecule has 3 nitrogen and oxygen atoms in total. The Morgan fingerprint density at radius 2 is 1.95 bits per heavy atom. The minimum absolute atomic E-state index is 0.543. The van der Waals surface area contributed by atoms with E-state index in [2.05, 4.69) is 36.3 Å². The molecule has 2 aromatic rings. The van der Waals surface area contributed by atoms with Gasteiger partial charge in [0.1, 0.15) is 11.6 Å². The molecule has 2 atom stereocenters. The molecule has 2 unspecified atom stereocenters. The quantitative estimate of drug-likeness (QED) is 0.902. The SMILES string of the molecule is CCNc1cc(-c2ccccc2)nc(C2CC2C)n1. The Balaban J connectivity index is 2.01. The maximum atomic E-state index is 4.75. The van der Waals surface area contributed by atoms with Crippen LogP contribution in [0.5, 0.6) is 0 Å². The van der Waals surface area contributed by atoms with E-state index in [0.29, 0.717) is 5.92 Å². The van der Waals surface area contributed by atoms with Crippen LogP contribution < -0.4 is 5.32 Å². The molecule has 98 valence electrons. The molecule has 1 saturated carbocycles. The molecule has 0 bridgehead atoms. The van der Waals surface area contributed by atoms with Crippen LogP contribution in [0.2, 0.25) is 0 Å². The Morgan fingerprint density at radius 3 is 2.58 bits per heavy atom. The van der Waals surface area contributed by atoms with Crippen molar-refractivity contribution in [2.24, 2.45) is 5.92 Å². The topological polar surface area (TPSA) is 37.8 Å². The zero-order valence-electron chi connectivity index (χ0n) is 11.4. The van der Waals surface area contributed by atoms with Crippen LogP contribution in [0.25, 0.3) is 11.3 Å². The van der Waals surface area contributed by atoms with Crippen molar-refractivity contribution < 1.29 is 0 Å². The number of hydrogen-bond donors (Lipinski definition) is 1. The predicted molar refractivity (Wildman–Crippen MR) is 78.2 cm³/mol. The minimum Gasteiger partial charge on any atom is -0.370 e. The van der Waals surface area contributed by atoms with Gasteiger partial charge in [0.15, 0.2) is 0 Å². The molecular formula is C16H19N3. The monoisotopic (exact) mass is 253 g/mol. The zero-order chi connectivity index (χ0) is 13.2. The van der Waals surface area contributed by atoms with Crippen LogP contribution in [0.1, 0.15) is 32.0 Å². The number of aromatic nitrogens is 2. The normalized spacial score (nSPS) is 21.2. The largest absolute Gasteiger partial charge is 0.370 e. The number of nitrogens with zero attached hydrogens (tertiary/aromatic N) is 2. The van der Waals surface area contributed by atoms with Crippen LogP contribution in [0.4, 0.5) is 5.82 Å². The van der Waals surface area contributed by atoms with Crippen molar-refractivity contribution in [1.82, 2.24) is 9.97 Å². The Labute approximate surface area is 114 Å². The van der Waals surface area contributed by atoms with Crippen LogP contribution in [-0.2, 0) is 0 Å². The van der Waals surface area contributed by atoms with E-state index in [4.69, 9.17) is 4.98 Å².